The molecule has 1 aliphatic heterocycles. The van der Waals surface area contributed by atoms with Crippen LogP contribution in [0.5, 0.6) is 0 Å². The molecule has 4 aromatic rings. The second kappa shape index (κ2) is 8.47. The zero-order valence-corrected chi connectivity index (χ0v) is 20.2. The van der Waals surface area contributed by atoms with Crippen LogP contribution in [-0.2, 0) is 22.9 Å². The van der Waals surface area contributed by atoms with E-state index in [1.165, 1.54) is 22.1 Å². The van der Waals surface area contributed by atoms with E-state index in [2.05, 4.69) is 72.4 Å². The molecule has 1 atom stereocenters. The lowest BCUT2D eigenvalue weighted by Crippen LogP contribution is -2.19. The molecule has 7 heteroatoms. The Bertz CT molecular complexity index is 1400. The zero-order chi connectivity index (χ0) is 23.2. The van der Waals surface area contributed by atoms with Crippen LogP contribution in [0.4, 0.5) is 0 Å². The van der Waals surface area contributed by atoms with E-state index < -0.39 is 9.84 Å². The topological polar surface area (TPSA) is 71.0 Å². The van der Waals surface area contributed by atoms with Gasteiger partial charge in [0.25, 0.3) is 0 Å². The van der Waals surface area contributed by atoms with Crippen LogP contribution in [0.1, 0.15) is 35.0 Å². The number of sulfone groups is 1. The van der Waals surface area contributed by atoms with Gasteiger partial charge in [0.05, 0.1) is 28.9 Å². The van der Waals surface area contributed by atoms with E-state index in [0.29, 0.717) is 6.42 Å². The maximum atomic E-state index is 12.0. The van der Waals surface area contributed by atoms with Crippen LogP contribution in [0.2, 0.25) is 0 Å². The SMILES string of the molecule is Cc1nn(C2CCS(=O)(=O)C2)c(C)c1CN(C)Cc1c(-c2ccccc2)[nH]c2ccccc12. The van der Waals surface area contributed by atoms with Crippen molar-refractivity contribution in [2.24, 2.45) is 0 Å². The molecule has 0 saturated carbocycles. The van der Waals surface area contributed by atoms with E-state index in [0.717, 1.165) is 35.7 Å². The summed E-state index contributed by atoms with van der Waals surface area (Å²) in [6.45, 7) is 5.63. The van der Waals surface area contributed by atoms with Gasteiger partial charge in [0.2, 0.25) is 0 Å². The van der Waals surface area contributed by atoms with Crippen LogP contribution in [0, 0.1) is 13.8 Å². The normalized spacial score (nSPS) is 17.9. The summed E-state index contributed by atoms with van der Waals surface area (Å²) < 4.78 is 25.9. The minimum Gasteiger partial charge on any atom is -0.354 e. The number of nitrogens with zero attached hydrogens (tertiary/aromatic N) is 3. The number of para-hydroxylation sites is 1. The summed E-state index contributed by atoms with van der Waals surface area (Å²) in [6, 6.07) is 18.9. The molecule has 172 valence electrons. The highest BCUT2D eigenvalue weighted by atomic mass is 32.2. The van der Waals surface area contributed by atoms with Gasteiger partial charge in [0, 0.05) is 35.2 Å². The third kappa shape index (κ3) is 4.23. The number of benzene rings is 2. The third-order valence-corrected chi connectivity index (χ3v) is 8.51. The van der Waals surface area contributed by atoms with Crippen LogP contribution in [0.15, 0.2) is 54.6 Å². The molecule has 1 N–H and O–H groups in total. The average molecular weight is 463 g/mol. The number of aromatic amines is 1. The molecule has 6 nitrogen and oxygen atoms in total. The summed E-state index contributed by atoms with van der Waals surface area (Å²) in [4.78, 5) is 5.94. The van der Waals surface area contributed by atoms with Gasteiger partial charge in [-0.2, -0.15) is 5.10 Å². The molecule has 0 aliphatic carbocycles. The maximum absolute atomic E-state index is 12.0. The van der Waals surface area contributed by atoms with Crippen LogP contribution in [-0.4, -0.2) is 46.6 Å². The van der Waals surface area contributed by atoms with Gasteiger partial charge in [-0.3, -0.25) is 9.58 Å². The summed E-state index contributed by atoms with van der Waals surface area (Å²) in [7, 11) is -0.816. The molecule has 1 unspecified atom stereocenters. The zero-order valence-electron chi connectivity index (χ0n) is 19.4. The largest absolute Gasteiger partial charge is 0.354 e. The quantitative estimate of drug-likeness (QED) is 0.453. The number of fused-ring (bicyclic) bond motifs is 1. The molecule has 0 spiro atoms. The molecule has 1 saturated heterocycles. The Kier molecular flexibility index (Phi) is 5.62. The van der Waals surface area contributed by atoms with Gasteiger partial charge in [-0.15, -0.1) is 0 Å². The Labute approximate surface area is 195 Å². The van der Waals surface area contributed by atoms with Crippen molar-refractivity contribution in [3.05, 3.63) is 77.1 Å². The molecular weight excluding hydrogens is 432 g/mol. The average Bonchev–Trinajstić information content (AvgIpc) is 3.43. The fraction of sp³-hybridized carbons (Fsp3) is 0.346. The van der Waals surface area contributed by atoms with Crippen LogP contribution < -0.4 is 0 Å². The van der Waals surface area contributed by atoms with Crippen molar-refractivity contribution in [3.8, 4) is 11.3 Å². The minimum absolute atomic E-state index is 0.0499. The minimum atomic E-state index is -2.95. The number of hydrogen-bond donors (Lipinski definition) is 1. The number of aryl methyl sites for hydroxylation is 1. The monoisotopic (exact) mass is 462 g/mol. The number of hydrogen-bond acceptors (Lipinski definition) is 4. The fourth-order valence-corrected chi connectivity index (χ4v) is 6.75. The van der Waals surface area contributed by atoms with Gasteiger partial charge < -0.3 is 4.98 Å². The number of rotatable bonds is 6. The Morgan fingerprint density at radius 1 is 1.03 bits per heavy atom. The van der Waals surface area contributed by atoms with Crippen molar-refractivity contribution < 1.29 is 8.42 Å². The fourth-order valence-electron chi connectivity index (χ4n) is 5.06. The molecule has 1 fully saturated rings. The van der Waals surface area contributed by atoms with Gasteiger partial charge in [-0.1, -0.05) is 48.5 Å². The smallest absolute Gasteiger partial charge is 0.152 e. The van der Waals surface area contributed by atoms with Crippen molar-refractivity contribution in [1.82, 2.24) is 19.7 Å². The van der Waals surface area contributed by atoms with Crippen molar-refractivity contribution in [1.29, 1.82) is 0 Å². The predicted octanol–water partition coefficient (Wildman–Crippen LogP) is 4.64. The van der Waals surface area contributed by atoms with E-state index >= 15 is 0 Å². The molecule has 33 heavy (non-hydrogen) atoms. The first kappa shape index (κ1) is 21.9. The Morgan fingerprint density at radius 2 is 1.73 bits per heavy atom. The molecule has 1 aliphatic rings. The number of H-pyrrole nitrogens is 1. The lowest BCUT2D eigenvalue weighted by Gasteiger charge is -2.18. The molecular formula is C26H30N4O2S. The molecule has 3 heterocycles. The van der Waals surface area contributed by atoms with Crippen molar-refractivity contribution in [2.45, 2.75) is 39.4 Å². The number of aromatic nitrogens is 3. The van der Waals surface area contributed by atoms with Gasteiger partial charge in [0.1, 0.15) is 0 Å². The van der Waals surface area contributed by atoms with E-state index in [4.69, 9.17) is 5.10 Å². The lowest BCUT2D eigenvalue weighted by atomic mass is 10.0. The van der Waals surface area contributed by atoms with Crippen LogP contribution in [0.25, 0.3) is 22.2 Å². The highest BCUT2D eigenvalue weighted by molar-refractivity contribution is 7.91. The molecule has 0 radical (unpaired) electrons. The van der Waals surface area contributed by atoms with E-state index in [9.17, 15) is 8.42 Å². The lowest BCUT2D eigenvalue weighted by molar-refractivity contribution is 0.319. The summed E-state index contributed by atoms with van der Waals surface area (Å²) >= 11 is 0. The van der Waals surface area contributed by atoms with E-state index in [1.54, 1.807) is 0 Å². The molecule has 5 rings (SSSR count). The Hall–Kier alpha value is -2.90. The van der Waals surface area contributed by atoms with E-state index in [1.807, 2.05) is 17.7 Å². The van der Waals surface area contributed by atoms with Crippen molar-refractivity contribution >= 4 is 20.7 Å². The van der Waals surface area contributed by atoms with Crippen molar-refractivity contribution in [2.75, 3.05) is 18.6 Å². The summed E-state index contributed by atoms with van der Waals surface area (Å²) in [6.07, 6.45) is 0.648. The van der Waals surface area contributed by atoms with Gasteiger partial charge >= 0.3 is 0 Å². The molecule has 0 bridgehead atoms. The first-order valence-electron chi connectivity index (χ1n) is 11.4. The summed E-state index contributed by atoms with van der Waals surface area (Å²) in [5, 5.41) is 5.98. The second-order valence-electron chi connectivity index (χ2n) is 9.21. The van der Waals surface area contributed by atoms with E-state index in [-0.39, 0.29) is 17.5 Å². The maximum Gasteiger partial charge on any atom is 0.152 e. The summed E-state index contributed by atoms with van der Waals surface area (Å²) in [5.74, 6) is 0.452. The standard InChI is InChI=1S/C26H30N4O2S/c1-18-23(19(2)30(28-18)21-13-14-33(31,32)17-21)15-29(3)16-24-22-11-7-8-12-25(22)27-26(24)20-9-5-4-6-10-20/h4-12,21,27H,13-17H2,1-3H3. The first-order chi connectivity index (χ1) is 15.8. The predicted molar refractivity (Wildman–Crippen MR) is 133 cm³/mol. The molecule has 2 aromatic carbocycles. The first-order valence-corrected chi connectivity index (χ1v) is 13.2. The highest BCUT2D eigenvalue weighted by Crippen LogP contribution is 2.32. The highest BCUT2D eigenvalue weighted by Gasteiger charge is 2.31. The van der Waals surface area contributed by atoms with Crippen LogP contribution in [0.3, 0.4) is 0 Å². The Balaban J connectivity index is 1.43. The summed E-state index contributed by atoms with van der Waals surface area (Å²) in [5.41, 5.74) is 7.99. The van der Waals surface area contributed by atoms with Gasteiger partial charge in [0.15, 0.2) is 9.84 Å². The number of nitrogens with one attached hydrogen (secondary N) is 1. The molecule has 0 amide bonds. The van der Waals surface area contributed by atoms with Crippen molar-refractivity contribution in [3.63, 3.8) is 0 Å². The Morgan fingerprint density at radius 3 is 2.45 bits per heavy atom. The molecule has 2 aromatic heterocycles. The third-order valence-electron chi connectivity index (χ3n) is 6.76. The second-order valence-corrected chi connectivity index (χ2v) is 11.4. The van der Waals surface area contributed by atoms with Crippen LogP contribution >= 0.6 is 0 Å². The van der Waals surface area contributed by atoms with Gasteiger partial charge in [-0.05, 0) is 44.5 Å². The van der Waals surface area contributed by atoms with Gasteiger partial charge in [-0.25, -0.2) is 8.42 Å².